The van der Waals surface area contributed by atoms with Crippen LogP contribution in [0.15, 0.2) is 6.07 Å². The first-order valence-electron chi connectivity index (χ1n) is 6.15. The maximum atomic E-state index is 10.2. The van der Waals surface area contributed by atoms with Crippen molar-refractivity contribution in [3.05, 3.63) is 26.3 Å². The topological polar surface area (TPSA) is 32.3 Å². The Hall–Kier alpha value is -0.290. The molecule has 94 valence electrons. The normalized spacial score (nSPS) is 17.9. The van der Waals surface area contributed by atoms with Crippen LogP contribution < -0.4 is 5.32 Å². The van der Waals surface area contributed by atoms with Crippen molar-refractivity contribution in [2.75, 3.05) is 7.05 Å². The molecule has 2 N–H and O–H groups in total. The second-order valence-electron chi connectivity index (χ2n) is 5.48. The quantitative estimate of drug-likeness (QED) is 0.806. The molecule has 3 heteroatoms. The van der Waals surface area contributed by atoms with E-state index in [0.29, 0.717) is 5.75 Å². The van der Waals surface area contributed by atoms with Crippen LogP contribution in [0.2, 0.25) is 0 Å². The molecule has 17 heavy (non-hydrogen) atoms. The highest BCUT2D eigenvalue weighted by Crippen LogP contribution is 2.42. The first-order valence-corrected chi connectivity index (χ1v) is 7.23. The predicted octanol–water partition coefficient (Wildman–Crippen LogP) is 3.33. The second kappa shape index (κ2) is 4.76. The van der Waals surface area contributed by atoms with Crippen molar-refractivity contribution >= 4 is 22.6 Å². The lowest BCUT2D eigenvalue weighted by molar-refractivity contribution is 0.419. The molecule has 0 saturated heterocycles. The van der Waals surface area contributed by atoms with Gasteiger partial charge in [0.2, 0.25) is 0 Å². The molecule has 0 unspecified atom stereocenters. The number of fused-ring (bicyclic) bond motifs is 1. The number of hydrogen-bond donors (Lipinski definition) is 2. The Bertz CT molecular complexity index is 440. The molecule has 0 radical (unpaired) electrons. The van der Waals surface area contributed by atoms with Crippen molar-refractivity contribution in [3.63, 3.8) is 0 Å². The molecule has 0 fully saturated rings. The van der Waals surface area contributed by atoms with Crippen molar-refractivity contribution in [2.24, 2.45) is 0 Å². The van der Waals surface area contributed by atoms with E-state index in [9.17, 15) is 5.11 Å². The third-order valence-electron chi connectivity index (χ3n) is 3.78. The predicted molar refractivity (Wildman–Crippen MR) is 79.6 cm³/mol. The SMILES string of the molecule is CNCc1c(O)c(I)cc2c1CCCC2(C)C. The van der Waals surface area contributed by atoms with E-state index in [1.54, 1.807) is 0 Å². The average molecular weight is 345 g/mol. The number of rotatable bonds is 2. The summed E-state index contributed by atoms with van der Waals surface area (Å²) >= 11 is 2.23. The fourth-order valence-corrected chi connectivity index (χ4v) is 3.47. The number of hydrogen-bond acceptors (Lipinski definition) is 2. The van der Waals surface area contributed by atoms with Crippen LogP contribution in [-0.4, -0.2) is 12.2 Å². The molecule has 0 atom stereocenters. The highest BCUT2D eigenvalue weighted by molar-refractivity contribution is 14.1. The van der Waals surface area contributed by atoms with Gasteiger partial charge in [0.1, 0.15) is 5.75 Å². The Morgan fingerprint density at radius 1 is 1.47 bits per heavy atom. The number of aromatic hydroxyl groups is 1. The smallest absolute Gasteiger partial charge is 0.133 e. The van der Waals surface area contributed by atoms with Gasteiger partial charge in [-0.2, -0.15) is 0 Å². The van der Waals surface area contributed by atoms with Gasteiger partial charge >= 0.3 is 0 Å². The van der Waals surface area contributed by atoms with Crippen LogP contribution in [0, 0.1) is 3.57 Å². The maximum Gasteiger partial charge on any atom is 0.133 e. The van der Waals surface area contributed by atoms with Gasteiger partial charge in [0.25, 0.3) is 0 Å². The fourth-order valence-electron chi connectivity index (χ4n) is 2.83. The van der Waals surface area contributed by atoms with Gasteiger partial charge in [-0.25, -0.2) is 0 Å². The lowest BCUT2D eigenvalue weighted by Gasteiger charge is -2.34. The van der Waals surface area contributed by atoms with Crippen LogP contribution in [0.5, 0.6) is 5.75 Å². The molecule has 1 aliphatic carbocycles. The number of halogens is 1. The van der Waals surface area contributed by atoms with Crippen LogP contribution in [0.25, 0.3) is 0 Å². The van der Waals surface area contributed by atoms with Crippen molar-refractivity contribution in [3.8, 4) is 5.75 Å². The summed E-state index contributed by atoms with van der Waals surface area (Å²) < 4.78 is 0.974. The number of nitrogens with one attached hydrogen (secondary N) is 1. The molecule has 2 nitrogen and oxygen atoms in total. The Morgan fingerprint density at radius 2 is 2.18 bits per heavy atom. The van der Waals surface area contributed by atoms with Gasteiger partial charge in [-0.05, 0) is 71.5 Å². The third kappa shape index (κ3) is 2.32. The summed E-state index contributed by atoms with van der Waals surface area (Å²) in [6, 6.07) is 2.17. The molecular weight excluding hydrogens is 325 g/mol. The zero-order valence-electron chi connectivity index (χ0n) is 10.7. The molecular formula is C14H20INO. The summed E-state index contributed by atoms with van der Waals surface area (Å²) in [5.74, 6) is 0.469. The van der Waals surface area contributed by atoms with Gasteiger partial charge in [0, 0.05) is 12.1 Å². The monoisotopic (exact) mass is 345 g/mol. The Kier molecular flexibility index (Phi) is 3.69. The molecule has 2 rings (SSSR count). The Labute approximate surface area is 117 Å². The van der Waals surface area contributed by atoms with E-state index in [1.807, 2.05) is 7.05 Å². The lowest BCUT2D eigenvalue weighted by atomic mass is 9.71. The van der Waals surface area contributed by atoms with Gasteiger partial charge in [0.05, 0.1) is 3.57 Å². The fraction of sp³-hybridized carbons (Fsp3) is 0.571. The summed E-state index contributed by atoms with van der Waals surface area (Å²) in [7, 11) is 1.93. The highest BCUT2D eigenvalue weighted by atomic mass is 127. The van der Waals surface area contributed by atoms with Crippen LogP contribution >= 0.6 is 22.6 Å². The van der Waals surface area contributed by atoms with E-state index < -0.39 is 0 Å². The molecule has 1 aromatic rings. The van der Waals surface area contributed by atoms with E-state index in [4.69, 9.17) is 0 Å². The average Bonchev–Trinajstić information content (AvgIpc) is 2.26. The minimum Gasteiger partial charge on any atom is -0.506 e. The summed E-state index contributed by atoms with van der Waals surface area (Å²) in [6.07, 6.45) is 3.55. The van der Waals surface area contributed by atoms with Crippen molar-refractivity contribution in [1.82, 2.24) is 5.32 Å². The zero-order chi connectivity index (χ0) is 12.6. The van der Waals surface area contributed by atoms with Gasteiger partial charge < -0.3 is 10.4 Å². The largest absolute Gasteiger partial charge is 0.506 e. The minimum absolute atomic E-state index is 0.240. The molecule has 1 aliphatic rings. The first-order chi connectivity index (χ1) is 7.97. The minimum atomic E-state index is 0.240. The van der Waals surface area contributed by atoms with Crippen molar-refractivity contribution < 1.29 is 5.11 Å². The van der Waals surface area contributed by atoms with E-state index in [-0.39, 0.29) is 5.41 Å². The van der Waals surface area contributed by atoms with Crippen LogP contribution in [-0.2, 0) is 18.4 Å². The second-order valence-corrected chi connectivity index (χ2v) is 6.64. The standard InChI is InChI=1S/C14H20INO/c1-14(2)6-4-5-9-10(8-16-3)13(17)12(15)7-11(9)14/h7,16-17H,4-6,8H2,1-3H3. The third-order valence-corrected chi connectivity index (χ3v) is 4.61. The molecule has 0 aromatic heterocycles. The molecule has 0 saturated carbocycles. The van der Waals surface area contributed by atoms with E-state index >= 15 is 0 Å². The molecule has 0 heterocycles. The lowest BCUT2D eigenvalue weighted by Crippen LogP contribution is -2.26. The molecule has 1 aromatic carbocycles. The van der Waals surface area contributed by atoms with Gasteiger partial charge in [-0.1, -0.05) is 13.8 Å². The zero-order valence-corrected chi connectivity index (χ0v) is 12.9. The number of phenols is 1. The Balaban J connectivity index is 2.64. The molecule has 0 aliphatic heterocycles. The molecule has 0 amide bonds. The van der Waals surface area contributed by atoms with Crippen molar-refractivity contribution in [2.45, 2.75) is 45.1 Å². The first kappa shape index (κ1) is 13.1. The summed E-state index contributed by atoms with van der Waals surface area (Å²) in [5, 5.41) is 13.4. The van der Waals surface area contributed by atoms with Gasteiger partial charge in [-0.15, -0.1) is 0 Å². The van der Waals surface area contributed by atoms with E-state index in [1.165, 1.54) is 24.0 Å². The summed E-state index contributed by atoms with van der Waals surface area (Å²) in [6.45, 7) is 5.36. The number of benzene rings is 1. The van der Waals surface area contributed by atoms with Gasteiger partial charge in [-0.3, -0.25) is 0 Å². The van der Waals surface area contributed by atoms with Crippen LogP contribution in [0.3, 0.4) is 0 Å². The van der Waals surface area contributed by atoms with Crippen molar-refractivity contribution in [1.29, 1.82) is 0 Å². The van der Waals surface area contributed by atoms with E-state index in [2.05, 4.69) is 47.8 Å². The summed E-state index contributed by atoms with van der Waals surface area (Å²) in [4.78, 5) is 0. The van der Waals surface area contributed by atoms with Crippen LogP contribution in [0.4, 0.5) is 0 Å². The number of phenolic OH excluding ortho intramolecular Hbond substituents is 1. The summed E-state index contributed by atoms with van der Waals surface area (Å²) in [5.41, 5.74) is 4.14. The van der Waals surface area contributed by atoms with E-state index in [0.717, 1.165) is 22.1 Å². The van der Waals surface area contributed by atoms with Gasteiger partial charge in [0.15, 0.2) is 0 Å². The molecule has 0 spiro atoms. The molecule has 0 bridgehead atoms. The maximum absolute atomic E-state index is 10.2. The van der Waals surface area contributed by atoms with Crippen LogP contribution in [0.1, 0.15) is 43.4 Å². The Morgan fingerprint density at radius 3 is 2.82 bits per heavy atom. The highest BCUT2D eigenvalue weighted by Gasteiger charge is 2.30.